The van der Waals surface area contributed by atoms with Crippen LogP contribution in [0.5, 0.6) is 0 Å². The van der Waals surface area contributed by atoms with Crippen LogP contribution < -0.4 is 0 Å². The number of fused-ring (bicyclic) bond motifs is 9. The summed E-state index contributed by atoms with van der Waals surface area (Å²) in [5, 5.41) is 7.21. The van der Waals surface area contributed by atoms with Crippen molar-refractivity contribution in [2.24, 2.45) is 0 Å². The molecule has 0 aliphatic rings. The van der Waals surface area contributed by atoms with E-state index in [1.807, 2.05) is 41.7 Å². The van der Waals surface area contributed by atoms with Gasteiger partial charge in [0.2, 0.25) is 0 Å². The molecule has 0 atom stereocenters. The lowest BCUT2D eigenvalue weighted by Gasteiger charge is -2.11. The first-order valence-electron chi connectivity index (χ1n) is 19.0. The van der Waals surface area contributed by atoms with Crippen LogP contribution in [-0.2, 0) is 0 Å². The molecule has 0 fully saturated rings. The van der Waals surface area contributed by atoms with Crippen molar-refractivity contribution in [3.8, 4) is 51.0 Å². The van der Waals surface area contributed by atoms with Gasteiger partial charge in [0.25, 0.3) is 0 Å². The van der Waals surface area contributed by atoms with E-state index in [1.54, 1.807) is 0 Å². The predicted molar refractivity (Wildman–Crippen MR) is 236 cm³/mol. The molecule has 0 saturated carbocycles. The highest BCUT2D eigenvalue weighted by Crippen LogP contribution is 2.39. The molecule has 0 spiro atoms. The normalized spacial score (nSPS) is 11.9. The molecule has 0 saturated heterocycles. The van der Waals surface area contributed by atoms with Crippen molar-refractivity contribution in [3.63, 3.8) is 0 Å². The zero-order valence-corrected chi connectivity index (χ0v) is 31.2. The molecule has 0 amide bonds. The molecule has 4 aromatic heterocycles. The Bertz CT molecular complexity index is 3470. The summed E-state index contributed by atoms with van der Waals surface area (Å²) in [7, 11) is 0. The van der Waals surface area contributed by atoms with Crippen LogP contribution in [-0.4, -0.2) is 19.5 Å². The van der Waals surface area contributed by atoms with Crippen LogP contribution in [0.4, 0.5) is 0 Å². The van der Waals surface area contributed by atoms with Crippen molar-refractivity contribution in [2.75, 3.05) is 0 Å². The first kappa shape index (κ1) is 31.9. The lowest BCUT2D eigenvalue weighted by Crippen LogP contribution is -2.00. The van der Waals surface area contributed by atoms with Gasteiger partial charge in [-0.3, -0.25) is 0 Å². The molecule has 0 aliphatic heterocycles. The van der Waals surface area contributed by atoms with E-state index in [-0.39, 0.29) is 0 Å². The summed E-state index contributed by atoms with van der Waals surface area (Å²) >= 11 is 1.84. The third-order valence-corrected chi connectivity index (χ3v) is 12.2. The molecule has 6 heteroatoms. The van der Waals surface area contributed by atoms with Crippen molar-refractivity contribution in [2.45, 2.75) is 0 Å². The molecular weight excluding hydrogens is 717 g/mol. The van der Waals surface area contributed by atoms with Crippen LogP contribution >= 0.6 is 11.3 Å². The second-order valence-electron chi connectivity index (χ2n) is 14.4. The van der Waals surface area contributed by atoms with Gasteiger partial charge in [-0.1, -0.05) is 109 Å². The number of para-hydroxylation sites is 2. The second kappa shape index (κ2) is 12.6. The van der Waals surface area contributed by atoms with Crippen LogP contribution in [0, 0.1) is 0 Å². The molecule has 0 aliphatic carbocycles. The van der Waals surface area contributed by atoms with E-state index in [2.05, 4.69) is 156 Å². The third kappa shape index (κ3) is 5.19. The lowest BCUT2D eigenvalue weighted by molar-refractivity contribution is 0.669. The van der Waals surface area contributed by atoms with E-state index in [1.165, 1.54) is 47.5 Å². The van der Waals surface area contributed by atoms with Gasteiger partial charge in [0, 0.05) is 64.1 Å². The number of benzene rings is 8. The number of furan rings is 1. The molecule has 0 N–H and O–H groups in total. The van der Waals surface area contributed by atoms with Crippen LogP contribution in [0.3, 0.4) is 0 Å². The second-order valence-corrected chi connectivity index (χ2v) is 15.5. The quantitative estimate of drug-likeness (QED) is 0.176. The summed E-state index contributed by atoms with van der Waals surface area (Å²) in [6, 6.07) is 63.9. The Hall–Kier alpha value is -7.41. The zero-order valence-electron chi connectivity index (χ0n) is 30.4. The van der Waals surface area contributed by atoms with E-state index in [0.29, 0.717) is 17.5 Å². The van der Waals surface area contributed by atoms with E-state index >= 15 is 0 Å². The van der Waals surface area contributed by atoms with Gasteiger partial charge in [-0.05, 0) is 83.9 Å². The number of aromatic nitrogens is 4. The highest BCUT2D eigenvalue weighted by Gasteiger charge is 2.17. The van der Waals surface area contributed by atoms with Crippen LogP contribution in [0.1, 0.15) is 0 Å². The van der Waals surface area contributed by atoms with Gasteiger partial charge in [-0.2, -0.15) is 0 Å². The van der Waals surface area contributed by atoms with Gasteiger partial charge in [-0.15, -0.1) is 11.3 Å². The third-order valence-electron chi connectivity index (χ3n) is 11.1. The topological polar surface area (TPSA) is 56.7 Å². The molecule has 12 aromatic rings. The molecule has 266 valence electrons. The fraction of sp³-hybridized carbons (Fsp3) is 0. The molecular formula is C51H30N4OS. The Balaban J connectivity index is 0.939. The molecule has 4 heterocycles. The highest BCUT2D eigenvalue weighted by molar-refractivity contribution is 7.25. The summed E-state index contributed by atoms with van der Waals surface area (Å²) in [6.45, 7) is 0. The van der Waals surface area contributed by atoms with Gasteiger partial charge >= 0.3 is 0 Å². The fourth-order valence-electron chi connectivity index (χ4n) is 8.31. The maximum absolute atomic E-state index is 6.48. The Morgan fingerprint density at radius 2 is 0.895 bits per heavy atom. The minimum absolute atomic E-state index is 0.588. The summed E-state index contributed by atoms with van der Waals surface area (Å²) in [4.78, 5) is 15.1. The SMILES string of the molecule is c1ccc(-c2nc(-c3ccc(-n4c5ccccc5c5ccccc54)cc3)nc(-c3ccc4c(c3)oc3ccc(-c5ccc6c(c5)sc5ccccc56)cc34)n2)cc1. The number of rotatable bonds is 5. The van der Waals surface area contributed by atoms with E-state index < -0.39 is 0 Å². The summed E-state index contributed by atoms with van der Waals surface area (Å²) in [5.74, 6) is 1.81. The zero-order chi connectivity index (χ0) is 37.5. The molecule has 0 radical (unpaired) electrons. The average Bonchev–Trinajstić information content (AvgIpc) is 3.95. The number of thiophene rings is 1. The van der Waals surface area contributed by atoms with Crippen molar-refractivity contribution < 1.29 is 4.42 Å². The van der Waals surface area contributed by atoms with Crippen LogP contribution in [0.25, 0.3) is 115 Å². The monoisotopic (exact) mass is 746 g/mol. The summed E-state index contributed by atoms with van der Waals surface area (Å²) in [6.07, 6.45) is 0. The Kier molecular flexibility index (Phi) is 7.03. The van der Waals surface area contributed by atoms with Crippen molar-refractivity contribution >= 4 is 75.3 Å². The summed E-state index contributed by atoms with van der Waals surface area (Å²) < 4.78 is 11.4. The van der Waals surface area contributed by atoms with Crippen LogP contribution in [0.15, 0.2) is 186 Å². The minimum Gasteiger partial charge on any atom is -0.456 e. The Morgan fingerprint density at radius 1 is 0.351 bits per heavy atom. The molecule has 0 bridgehead atoms. The van der Waals surface area contributed by atoms with Gasteiger partial charge in [-0.25, -0.2) is 15.0 Å². The smallest absolute Gasteiger partial charge is 0.164 e. The maximum atomic E-state index is 6.48. The molecule has 5 nitrogen and oxygen atoms in total. The van der Waals surface area contributed by atoms with Crippen LogP contribution in [0.2, 0.25) is 0 Å². The summed E-state index contributed by atoms with van der Waals surface area (Å²) in [5.41, 5.74) is 10.1. The van der Waals surface area contributed by atoms with Crippen molar-refractivity contribution in [3.05, 3.63) is 182 Å². The largest absolute Gasteiger partial charge is 0.456 e. The highest BCUT2D eigenvalue weighted by atomic mass is 32.1. The lowest BCUT2D eigenvalue weighted by atomic mass is 10.0. The Morgan fingerprint density at radius 3 is 1.65 bits per heavy atom. The molecule has 57 heavy (non-hydrogen) atoms. The van der Waals surface area contributed by atoms with E-state index in [4.69, 9.17) is 19.4 Å². The van der Waals surface area contributed by atoms with Crippen molar-refractivity contribution in [1.82, 2.24) is 19.5 Å². The predicted octanol–water partition coefficient (Wildman–Crippen LogP) is 13.9. The van der Waals surface area contributed by atoms with Gasteiger partial charge in [0.05, 0.1) is 11.0 Å². The maximum Gasteiger partial charge on any atom is 0.164 e. The van der Waals surface area contributed by atoms with Gasteiger partial charge < -0.3 is 8.98 Å². The van der Waals surface area contributed by atoms with Gasteiger partial charge in [0.1, 0.15) is 11.2 Å². The van der Waals surface area contributed by atoms with E-state index in [0.717, 1.165) is 49.9 Å². The first-order valence-corrected chi connectivity index (χ1v) is 19.8. The first-order chi connectivity index (χ1) is 28.2. The minimum atomic E-state index is 0.588. The Labute approximate surface area is 330 Å². The van der Waals surface area contributed by atoms with E-state index in [9.17, 15) is 0 Å². The fourth-order valence-corrected chi connectivity index (χ4v) is 9.46. The number of hydrogen-bond acceptors (Lipinski definition) is 5. The molecule has 0 unspecified atom stereocenters. The van der Waals surface area contributed by atoms with Crippen molar-refractivity contribution in [1.29, 1.82) is 0 Å². The molecule has 8 aromatic carbocycles. The molecule has 12 rings (SSSR count). The number of hydrogen-bond donors (Lipinski definition) is 0. The average molecular weight is 747 g/mol. The van der Waals surface area contributed by atoms with Gasteiger partial charge in [0.15, 0.2) is 17.5 Å². The number of nitrogens with zero attached hydrogens (tertiary/aromatic N) is 4. The standard InChI is InChI=1S/C51H30N4OS/c1-2-10-31(11-3-1)49-52-50(32-18-23-36(24-19-32)55-43-15-7-4-12-37(43)38-13-5-8-16-44(38)55)54-51(53-49)35-21-25-39-42-28-33(22-27-45(42)56-46(39)29-35)34-20-26-41-40-14-6-9-17-47(40)57-48(41)30-34/h1-30H.